The van der Waals surface area contributed by atoms with Crippen molar-refractivity contribution in [2.45, 2.75) is 12.3 Å². The first-order chi connectivity index (χ1) is 9.81. The molecule has 0 unspecified atom stereocenters. The van der Waals surface area contributed by atoms with Crippen LogP contribution in [0.3, 0.4) is 0 Å². The molecule has 0 radical (unpaired) electrons. The van der Waals surface area contributed by atoms with Gasteiger partial charge >= 0.3 is 6.03 Å². The van der Waals surface area contributed by atoms with Crippen molar-refractivity contribution in [2.24, 2.45) is 0 Å². The van der Waals surface area contributed by atoms with Crippen LogP contribution in [0.25, 0.3) is 0 Å². The summed E-state index contributed by atoms with van der Waals surface area (Å²) in [5.74, 6) is 0.301. The van der Waals surface area contributed by atoms with E-state index in [0.29, 0.717) is 12.5 Å². The van der Waals surface area contributed by atoms with E-state index in [2.05, 4.69) is 59.2 Å². The lowest BCUT2D eigenvalue weighted by atomic mass is 9.88. The Balaban J connectivity index is 2.11. The van der Waals surface area contributed by atoms with E-state index < -0.39 is 0 Å². The minimum absolute atomic E-state index is 0.134. The molecule has 0 atom stereocenters. The fraction of sp³-hybridized carbons (Fsp3) is 0.235. The van der Waals surface area contributed by atoms with Gasteiger partial charge in [0.05, 0.1) is 0 Å². The number of carbonyl (C=O) groups excluding carboxylic acids is 1. The van der Waals surface area contributed by atoms with Crippen LogP contribution in [0.1, 0.15) is 23.5 Å². The molecule has 104 valence electrons. The van der Waals surface area contributed by atoms with Gasteiger partial charge in [-0.15, -0.1) is 0 Å². The largest absolute Gasteiger partial charge is 0.341 e. The van der Waals surface area contributed by atoms with E-state index in [1.807, 2.05) is 12.1 Å². The molecule has 2 amide bonds. The molecule has 0 aliphatic carbocycles. The quantitative estimate of drug-likeness (QED) is 0.859. The maximum Gasteiger partial charge on any atom is 0.314 e. The van der Waals surface area contributed by atoms with Gasteiger partial charge in [-0.1, -0.05) is 60.7 Å². The van der Waals surface area contributed by atoms with Crippen molar-refractivity contribution < 1.29 is 4.79 Å². The van der Waals surface area contributed by atoms with Gasteiger partial charge in [0.1, 0.15) is 0 Å². The number of urea groups is 1. The second-order valence-corrected chi connectivity index (χ2v) is 4.67. The Morgan fingerprint density at radius 1 is 0.950 bits per heavy atom. The van der Waals surface area contributed by atoms with Crippen molar-refractivity contribution in [3.8, 4) is 0 Å². The van der Waals surface area contributed by atoms with Crippen LogP contribution in [-0.2, 0) is 0 Å². The van der Waals surface area contributed by atoms with Crippen LogP contribution in [0.5, 0.6) is 0 Å². The van der Waals surface area contributed by atoms with Crippen molar-refractivity contribution >= 4 is 6.03 Å². The topological polar surface area (TPSA) is 41.1 Å². The maximum absolute atomic E-state index is 11.2. The third-order valence-corrected chi connectivity index (χ3v) is 3.35. The van der Waals surface area contributed by atoms with Crippen molar-refractivity contribution in [2.75, 3.05) is 13.6 Å². The Kier molecular flexibility index (Phi) is 5.18. The number of hydrogen-bond donors (Lipinski definition) is 2. The molecule has 2 aromatic carbocycles. The predicted molar refractivity (Wildman–Crippen MR) is 81.8 cm³/mol. The summed E-state index contributed by atoms with van der Waals surface area (Å²) in [6.07, 6.45) is 0.876. The first kappa shape index (κ1) is 14.1. The van der Waals surface area contributed by atoms with Crippen LogP contribution in [0, 0.1) is 0 Å². The van der Waals surface area contributed by atoms with Crippen LogP contribution in [0.4, 0.5) is 4.79 Å². The van der Waals surface area contributed by atoms with Crippen molar-refractivity contribution in [1.82, 2.24) is 10.6 Å². The van der Waals surface area contributed by atoms with E-state index in [-0.39, 0.29) is 6.03 Å². The summed E-state index contributed by atoms with van der Waals surface area (Å²) in [4.78, 5) is 11.2. The van der Waals surface area contributed by atoms with Gasteiger partial charge in [-0.2, -0.15) is 0 Å². The minimum Gasteiger partial charge on any atom is -0.341 e. The standard InChI is InChI=1S/C17H20N2O/c1-18-17(20)19-13-12-16(14-8-4-2-5-9-14)15-10-6-3-7-11-15/h2-11,16H,12-13H2,1H3,(H2,18,19,20). The molecule has 0 saturated carbocycles. The summed E-state index contributed by atoms with van der Waals surface area (Å²) in [5, 5.41) is 5.42. The van der Waals surface area contributed by atoms with Gasteiger partial charge in [-0.25, -0.2) is 4.79 Å². The second-order valence-electron chi connectivity index (χ2n) is 4.67. The molecule has 20 heavy (non-hydrogen) atoms. The highest BCUT2D eigenvalue weighted by atomic mass is 16.2. The van der Waals surface area contributed by atoms with Crippen LogP contribution in [0.2, 0.25) is 0 Å². The molecule has 0 spiro atoms. The molecule has 0 saturated heterocycles. The first-order valence-electron chi connectivity index (χ1n) is 6.86. The summed E-state index contributed by atoms with van der Waals surface area (Å²) >= 11 is 0. The number of nitrogens with one attached hydrogen (secondary N) is 2. The van der Waals surface area contributed by atoms with Gasteiger partial charge in [-0.05, 0) is 17.5 Å². The zero-order chi connectivity index (χ0) is 14.2. The molecule has 2 aromatic rings. The molecule has 0 aromatic heterocycles. The highest BCUT2D eigenvalue weighted by Gasteiger charge is 2.13. The molecule has 0 bridgehead atoms. The lowest BCUT2D eigenvalue weighted by Crippen LogP contribution is -2.33. The van der Waals surface area contributed by atoms with E-state index >= 15 is 0 Å². The summed E-state index contributed by atoms with van der Waals surface area (Å²) in [5.41, 5.74) is 2.55. The smallest absolute Gasteiger partial charge is 0.314 e. The first-order valence-corrected chi connectivity index (χ1v) is 6.86. The van der Waals surface area contributed by atoms with Gasteiger partial charge in [0, 0.05) is 19.5 Å². The van der Waals surface area contributed by atoms with Crippen molar-refractivity contribution in [3.63, 3.8) is 0 Å². The number of hydrogen-bond acceptors (Lipinski definition) is 1. The maximum atomic E-state index is 11.2. The van der Waals surface area contributed by atoms with Crippen molar-refractivity contribution in [1.29, 1.82) is 0 Å². The Bertz CT molecular complexity index is 486. The van der Waals surface area contributed by atoms with Crippen LogP contribution >= 0.6 is 0 Å². The molecule has 3 nitrogen and oxygen atoms in total. The summed E-state index contributed by atoms with van der Waals surface area (Å²) in [7, 11) is 1.63. The van der Waals surface area contributed by atoms with E-state index in [1.165, 1.54) is 11.1 Å². The minimum atomic E-state index is -0.134. The monoisotopic (exact) mass is 268 g/mol. The van der Waals surface area contributed by atoms with Gasteiger partial charge in [0.2, 0.25) is 0 Å². The Morgan fingerprint density at radius 3 is 1.90 bits per heavy atom. The normalized spacial score (nSPS) is 10.3. The molecule has 0 aliphatic rings. The number of rotatable bonds is 5. The molecule has 0 heterocycles. The van der Waals surface area contributed by atoms with Crippen LogP contribution in [0.15, 0.2) is 60.7 Å². The van der Waals surface area contributed by atoms with E-state index in [0.717, 1.165) is 6.42 Å². The Labute approximate surface area is 120 Å². The Morgan fingerprint density at radius 2 is 1.45 bits per heavy atom. The van der Waals surface area contributed by atoms with E-state index in [4.69, 9.17) is 0 Å². The molecule has 3 heteroatoms. The Hall–Kier alpha value is -2.29. The number of benzene rings is 2. The van der Waals surface area contributed by atoms with Crippen molar-refractivity contribution in [3.05, 3.63) is 71.8 Å². The summed E-state index contributed by atoms with van der Waals surface area (Å²) in [6, 6.07) is 20.7. The fourth-order valence-corrected chi connectivity index (χ4v) is 2.31. The molecular formula is C17H20N2O. The summed E-state index contributed by atoms with van der Waals surface area (Å²) < 4.78 is 0. The molecule has 0 aliphatic heterocycles. The average Bonchev–Trinajstić information content (AvgIpc) is 2.53. The van der Waals surface area contributed by atoms with Gasteiger partial charge < -0.3 is 10.6 Å². The highest BCUT2D eigenvalue weighted by molar-refractivity contribution is 5.73. The van der Waals surface area contributed by atoms with E-state index in [9.17, 15) is 4.79 Å². The molecule has 0 fully saturated rings. The van der Waals surface area contributed by atoms with Crippen LogP contribution < -0.4 is 10.6 Å². The third-order valence-electron chi connectivity index (χ3n) is 3.35. The SMILES string of the molecule is CNC(=O)NCCC(c1ccccc1)c1ccccc1. The highest BCUT2D eigenvalue weighted by Crippen LogP contribution is 2.27. The fourth-order valence-electron chi connectivity index (χ4n) is 2.31. The van der Waals surface area contributed by atoms with Gasteiger partial charge in [-0.3, -0.25) is 0 Å². The average molecular weight is 268 g/mol. The van der Waals surface area contributed by atoms with Crippen LogP contribution in [-0.4, -0.2) is 19.6 Å². The lowest BCUT2D eigenvalue weighted by Gasteiger charge is -2.18. The molecular weight excluding hydrogens is 248 g/mol. The second kappa shape index (κ2) is 7.34. The van der Waals surface area contributed by atoms with Gasteiger partial charge in [0.15, 0.2) is 0 Å². The summed E-state index contributed by atoms with van der Waals surface area (Å²) in [6.45, 7) is 0.647. The number of carbonyl (C=O) groups is 1. The van der Waals surface area contributed by atoms with Gasteiger partial charge in [0.25, 0.3) is 0 Å². The zero-order valence-corrected chi connectivity index (χ0v) is 11.7. The number of amides is 2. The molecule has 2 rings (SSSR count). The third kappa shape index (κ3) is 3.85. The predicted octanol–water partition coefficient (Wildman–Crippen LogP) is 3.14. The molecule has 2 N–H and O–H groups in total. The zero-order valence-electron chi connectivity index (χ0n) is 11.7. The lowest BCUT2D eigenvalue weighted by molar-refractivity contribution is 0.242. The van der Waals surface area contributed by atoms with E-state index in [1.54, 1.807) is 7.05 Å².